The number of aliphatic hydroxyl groups is 1. The summed E-state index contributed by atoms with van der Waals surface area (Å²) in [4.78, 5) is 1.01. The van der Waals surface area contributed by atoms with Gasteiger partial charge in [0.1, 0.15) is 0 Å². The Morgan fingerprint density at radius 3 is 2.70 bits per heavy atom. The van der Waals surface area contributed by atoms with Gasteiger partial charge in [-0.05, 0) is 37.1 Å². The Labute approximate surface area is 120 Å². The number of hydrogen-bond acceptors (Lipinski definition) is 3. The molecular weight excluding hydrogens is 287 g/mol. The SMILES string of the molecule is CCNC(C)C(O)(c1ccc2c(c1)CCS2)C(F)(F)F. The van der Waals surface area contributed by atoms with Crippen LogP contribution in [0.1, 0.15) is 25.0 Å². The number of fused-ring (bicyclic) bond motifs is 1. The smallest absolute Gasteiger partial charge is 0.375 e. The highest BCUT2D eigenvalue weighted by Gasteiger charge is 2.58. The molecule has 2 rings (SSSR count). The third-order valence-corrected chi connectivity index (χ3v) is 4.82. The van der Waals surface area contributed by atoms with E-state index in [1.807, 2.05) is 0 Å². The number of thioether (sulfide) groups is 1. The molecule has 0 saturated carbocycles. The standard InChI is InChI=1S/C14H18F3NOS/c1-3-18-9(2)13(19,14(15,16)17)11-4-5-12-10(8-11)6-7-20-12/h4-5,8-9,18-19H,3,6-7H2,1-2H3. The number of aryl methyl sites for hydroxylation is 1. The predicted octanol–water partition coefficient (Wildman–Crippen LogP) is 3.08. The third kappa shape index (κ3) is 2.56. The molecule has 0 radical (unpaired) electrons. The minimum Gasteiger partial charge on any atom is -0.375 e. The van der Waals surface area contributed by atoms with Crippen molar-refractivity contribution >= 4 is 11.8 Å². The third-order valence-electron chi connectivity index (χ3n) is 3.70. The minimum absolute atomic E-state index is 0.0836. The first-order valence-electron chi connectivity index (χ1n) is 6.59. The van der Waals surface area contributed by atoms with Crippen LogP contribution in [0.5, 0.6) is 0 Å². The molecule has 2 N–H and O–H groups in total. The molecule has 2 atom stereocenters. The molecule has 0 fully saturated rings. The summed E-state index contributed by atoms with van der Waals surface area (Å²) in [5, 5.41) is 13.0. The van der Waals surface area contributed by atoms with E-state index in [9.17, 15) is 18.3 Å². The Bertz CT molecular complexity index is 492. The molecule has 1 heterocycles. The molecule has 2 nitrogen and oxygen atoms in total. The maximum Gasteiger partial charge on any atom is 0.422 e. The highest BCUT2D eigenvalue weighted by Crippen LogP contribution is 2.43. The number of alkyl halides is 3. The largest absolute Gasteiger partial charge is 0.422 e. The van der Waals surface area contributed by atoms with Gasteiger partial charge >= 0.3 is 6.18 Å². The zero-order valence-corrected chi connectivity index (χ0v) is 12.2. The van der Waals surface area contributed by atoms with Gasteiger partial charge in [0.15, 0.2) is 0 Å². The van der Waals surface area contributed by atoms with Crippen LogP contribution in [0.25, 0.3) is 0 Å². The van der Waals surface area contributed by atoms with Gasteiger partial charge in [0.2, 0.25) is 5.60 Å². The molecule has 0 aromatic heterocycles. The second-order valence-corrected chi connectivity index (χ2v) is 6.10. The van der Waals surface area contributed by atoms with Gasteiger partial charge < -0.3 is 10.4 Å². The molecule has 0 aliphatic carbocycles. The first kappa shape index (κ1) is 15.7. The van der Waals surface area contributed by atoms with Crippen LogP contribution < -0.4 is 5.32 Å². The number of halogens is 3. The van der Waals surface area contributed by atoms with Gasteiger partial charge in [-0.2, -0.15) is 13.2 Å². The molecular formula is C14H18F3NOS. The fourth-order valence-electron chi connectivity index (χ4n) is 2.54. The molecule has 1 aromatic carbocycles. The Hall–Kier alpha value is -0.720. The minimum atomic E-state index is -4.73. The van der Waals surface area contributed by atoms with Crippen LogP contribution in [0.15, 0.2) is 23.1 Å². The van der Waals surface area contributed by atoms with E-state index in [0.717, 1.165) is 22.6 Å². The molecule has 6 heteroatoms. The first-order chi connectivity index (χ1) is 9.30. The zero-order chi connectivity index (χ0) is 15.0. The van der Waals surface area contributed by atoms with Crippen molar-refractivity contribution in [3.63, 3.8) is 0 Å². The van der Waals surface area contributed by atoms with Crippen molar-refractivity contribution in [1.29, 1.82) is 0 Å². The van der Waals surface area contributed by atoms with Crippen molar-refractivity contribution in [3.05, 3.63) is 29.3 Å². The average molecular weight is 305 g/mol. The van der Waals surface area contributed by atoms with Crippen molar-refractivity contribution in [2.24, 2.45) is 0 Å². The van der Waals surface area contributed by atoms with Crippen LogP contribution >= 0.6 is 11.8 Å². The summed E-state index contributed by atoms with van der Waals surface area (Å²) in [5.41, 5.74) is -2.07. The first-order valence-corrected chi connectivity index (χ1v) is 7.58. The number of nitrogens with one attached hydrogen (secondary N) is 1. The normalized spacial score (nSPS) is 19.5. The highest BCUT2D eigenvalue weighted by atomic mass is 32.2. The topological polar surface area (TPSA) is 32.3 Å². The number of rotatable bonds is 4. The number of hydrogen-bond donors (Lipinski definition) is 2. The predicted molar refractivity (Wildman–Crippen MR) is 74.0 cm³/mol. The molecule has 20 heavy (non-hydrogen) atoms. The number of benzene rings is 1. The van der Waals surface area contributed by atoms with E-state index in [2.05, 4.69) is 5.32 Å². The maximum absolute atomic E-state index is 13.4. The molecule has 1 aliphatic heterocycles. The van der Waals surface area contributed by atoms with Gasteiger partial charge in [0.25, 0.3) is 0 Å². The van der Waals surface area contributed by atoms with Crippen molar-refractivity contribution in [2.45, 2.75) is 43.0 Å². The summed E-state index contributed by atoms with van der Waals surface area (Å²) in [6.07, 6.45) is -3.98. The molecule has 1 aliphatic rings. The van der Waals surface area contributed by atoms with Crippen molar-refractivity contribution in [2.75, 3.05) is 12.3 Å². The van der Waals surface area contributed by atoms with Gasteiger partial charge in [0.05, 0.1) is 0 Å². The van der Waals surface area contributed by atoms with Crippen LogP contribution in [0, 0.1) is 0 Å². The van der Waals surface area contributed by atoms with E-state index in [4.69, 9.17) is 0 Å². The van der Waals surface area contributed by atoms with Gasteiger partial charge in [-0.3, -0.25) is 0 Å². The van der Waals surface area contributed by atoms with Crippen molar-refractivity contribution in [1.82, 2.24) is 5.32 Å². The Balaban J connectivity index is 2.46. The summed E-state index contributed by atoms with van der Waals surface area (Å²) in [6, 6.07) is 3.45. The lowest BCUT2D eigenvalue weighted by Gasteiger charge is -2.37. The van der Waals surface area contributed by atoms with Gasteiger partial charge in [-0.15, -0.1) is 11.8 Å². The molecule has 0 bridgehead atoms. The molecule has 0 saturated heterocycles. The second-order valence-electron chi connectivity index (χ2n) is 4.96. The zero-order valence-electron chi connectivity index (χ0n) is 11.4. The monoisotopic (exact) mass is 305 g/mol. The van der Waals surface area contributed by atoms with E-state index in [1.54, 1.807) is 24.8 Å². The van der Waals surface area contributed by atoms with E-state index in [1.165, 1.54) is 19.1 Å². The average Bonchev–Trinajstić information content (AvgIpc) is 2.83. The lowest BCUT2D eigenvalue weighted by Crippen LogP contribution is -2.56. The Morgan fingerprint density at radius 2 is 2.10 bits per heavy atom. The van der Waals surface area contributed by atoms with Crippen LogP contribution in [-0.4, -0.2) is 29.6 Å². The summed E-state index contributed by atoms with van der Waals surface area (Å²) in [7, 11) is 0. The highest BCUT2D eigenvalue weighted by molar-refractivity contribution is 7.99. The molecule has 0 spiro atoms. The van der Waals surface area contributed by atoms with E-state index < -0.39 is 17.8 Å². The van der Waals surface area contributed by atoms with Crippen molar-refractivity contribution < 1.29 is 18.3 Å². The molecule has 1 aromatic rings. The van der Waals surface area contributed by atoms with E-state index in [-0.39, 0.29) is 5.56 Å². The maximum atomic E-state index is 13.4. The number of likely N-dealkylation sites (N-methyl/N-ethyl adjacent to an activating group) is 1. The van der Waals surface area contributed by atoms with Crippen LogP contribution in [0.3, 0.4) is 0 Å². The van der Waals surface area contributed by atoms with E-state index >= 15 is 0 Å². The van der Waals surface area contributed by atoms with Crippen molar-refractivity contribution in [3.8, 4) is 0 Å². The van der Waals surface area contributed by atoms with Gasteiger partial charge in [0, 0.05) is 16.7 Å². The summed E-state index contributed by atoms with van der Waals surface area (Å²) in [6.45, 7) is 3.44. The lowest BCUT2D eigenvalue weighted by atomic mass is 9.85. The Morgan fingerprint density at radius 1 is 1.40 bits per heavy atom. The van der Waals surface area contributed by atoms with Crippen LogP contribution in [0.4, 0.5) is 13.2 Å². The van der Waals surface area contributed by atoms with Crippen LogP contribution in [0.2, 0.25) is 0 Å². The summed E-state index contributed by atoms with van der Waals surface area (Å²) in [5.74, 6) is 0.881. The Kier molecular flexibility index (Phi) is 4.37. The fraction of sp³-hybridized carbons (Fsp3) is 0.571. The molecule has 2 unspecified atom stereocenters. The second kappa shape index (κ2) is 5.58. The van der Waals surface area contributed by atoms with E-state index in [0.29, 0.717) is 6.54 Å². The quantitative estimate of drug-likeness (QED) is 0.896. The summed E-state index contributed by atoms with van der Waals surface area (Å²) < 4.78 is 40.3. The van der Waals surface area contributed by atoms with Crippen LogP contribution in [-0.2, 0) is 12.0 Å². The molecule has 112 valence electrons. The lowest BCUT2D eigenvalue weighted by molar-refractivity contribution is -0.276. The fourth-order valence-corrected chi connectivity index (χ4v) is 3.59. The molecule has 0 amide bonds. The summed E-state index contributed by atoms with van der Waals surface area (Å²) >= 11 is 1.63. The van der Waals surface area contributed by atoms with Gasteiger partial charge in [-0.1, -0.05) is 19.1 Å². The van der Waals surface area contributed by atoms with Gasteiger partial charge in [-0.25, -0.2) is 0 Å².